The fourth-order valence-corrected chi connectivity index (χ4v) is 2.90. The molecular weight excluding hydrogens is 328 g/mol. The number of aliphatic hydroxyl groups is 4. The largest absolute Gasteiger partial charge is 0.463 e. The van der Waals surface area contributed by atoms with Crippen LogP contribution < -0.4 is 0 Å². The Morgan fingerprint density at radius 1 is 0.840 bits per heavy atom. The molecule has 0 saturated carbocycles. The second-order valence-corrected chi connectivity index (χ2v) is 6.80. The topological polar surface area (TPSA) is 116 Å². The van der Waals surface area contributed by atoms with Crippen molar-refractivity contribution in [3.63, 3.8) is 0 Å². The predicted octanol–water partition coefficient (Wildman–Crippen LogP) is 1.25. The molecule has 1 heterocycles. The monoisotopic (exact) mass is 362 g/mol. The second kappa shape index (κ2) is 12.6. The smallest absolute Gasteiger partial charge is 0.305 e. The zero-order valence-corrected chi connectivity index (χ0v) is 15.2. The SMILES string of the molecule is CCCCCCCCCCCC(=O)OC[C@H]1O[C@H](O)[C@H](O)[C@@H](O)[C@@H]1O. The van der Waals surface area contributed by atoms with E-state index in [4.69, 9.17) is 9.47 Å². The van der Waals surface area contributed by atoms with E-state index in [1.807, 2.05) is 0 Å². The Morgan fingerprint density at radius 3 is 2.00 bits per heavy atom. The molecule has 0 unspecified atom stereocenters. The van der Waals surface area contributed by atoms with Gasteiger partial charge in [-0.05, 0) is 6.42 Å². The van der Waals surface area contributed by atoms with Crippen LogP contribution in [0.2, 0.25) is 0 Å². The Hall–Kier alpha value is -0.730. The third-order valence-electron chi connectivity index (χ3n) is 4.58. The number of carbonyl (C=O) groups is 1. The van der Waals surface area contributed by atoms with E-state index < -0.39 is 36.7 Å². The van der Waals surface area contributed by atoms with E-state index in [1.165, 1.54) is 38.5 Å². The van der Waals surface area contributed by atoms with Gasteiger partial charge in [0.05, 0.1) is 0 Å². The lowest BCUT2D eigenvalue weighted by molar-refractivity contribution is -0.287. The zero-order valence-electron chi connectivity index (χ0n) is 15.2. The van der Waals surface area contributed by atoms with Crippen LogP contribution in [0.3, 0.4) is 0 Å². The van der Waals surface area contributed by atoms with Crippen LogP contribution >= 0.6 is 0 Å². The maximum absolute atomic E-state index is 11.7. The van der Waals surface area contributed by atoms with Crippen molar-refractivity contribution in [3.8, 4) is 0 Å². The van der Waals surface area contributed by atoms with Crippen molar-refractivity contribution >= 4 is 5.97 Å². The van der Waals surface area contributed by atoms with Crippen molar-refractivity contribution in [3.05, 3.63) is 0 Å². The third kappa shape index (κ3) is 8.46. The first kappa shape index (κ1) is 22.3. The van der Waals surface area contributed by atoms with E-state index >= 15 is 0 Å². The summed E-state index contributed by atoms with van der Waals surface area (Å²) in [5.41, 5.74) is 0. The van der Waals surface area contributed by atoms with Gasteiger partial charge in [-0.15, -0.1) is 0 Å². The van der Waals surface area contributed by atoms with Gasteiger partial charge in [-0.3, -0.25) is 4.79 Å². The second-order valence-electron chi connectivity index (χ2n) is 6.80. The van der Waals surface area contributed by atoms with E-state index in [-0.39, 0.29) is 6.61 Å². The number of ether oxygens (including phenoxy) is 2. The summed E-state index contributed by atoms with van der Waals surface area (Å²) >= 11 is 0. The van der Waals surface area contributed by atoms with E-state index in [1.54, 1.807) is 0 Å². The van der Waals surface area contributed by atoms with Crippen molar-refractivity contribution in [1.82, 2.24) is 0 Å². The van der Waals surface area contributed by atoms with Crippen molar-refractivity contribution < 1.29 is 34.7 Å². The van der Waals surface area contributed by atoms with Gasteiger partial charge in [0.25, 0.3) is 0 Å². The standard InChI is InChI=1S/C18H34O7/c1-2-3-4-5-6-7-8-9-10-11-14(19)24-12-13-15(20)16(21)17(22)18(23)25-13/h13,15-18,20-23H,2-12H2,1H3/t13-,15-,16+,17-,18+/m1/s1. The van der Waals surface area contributed by atoms with E-state index in [0.717, 1.165) is 19.3 Å². The van der Waals surface area contributed by atoms with Crippen LogP contribution in [0, 0.1) is 0 Å². The average Bonchev–Trinajstić information content (AvgIpc) is 2.60. The summed E-state index contributed by atoms with van der Waals surface area (Å²) < 4.78 is 9.98. The lowest BCUT2D eigenvalue weighted by atomic mass is 9.99. The molecule has 0 aromatic rings. The summed E-state index contributed by atoms with van der Waals surface area (Å²) in [5, 5.41) is 38.1. The summed E-state index contributed by atoms with van der Waals surface area (Å²) in [5.74, 6) is -0.395. The molecule has 25 heavy (non-hydrogen) atoms. The minimum atomic E-state index is -1.61. The fourth-order valence-electron chi connectivity index (χ4n) is 2.90. The number of hydrogen-bond acceptors (Lipinski definition) is 7. The van der Waals surface area contributed by atoms with Gasteiger partial charge < -0.3 is 29.9 Å². The lowest BCUT2D eigenvalue weighted by Gasteiger charge is -2.37. The third-order valence-corrected chi connectivity index (χ3v) is 4.58. The Balaban J connectivity index is 2.05. The van der Waals surface area contributed by atoms with E-state index in [9.17, 15) is 25.2 Å². The Bertz CT molecular complexity index is 363. The first-order chi connectivity index (χ1) is 12.0. The van der Waals surface area contributed by atoms with Gasteiger partial charge in [-0.25, -0.2) is 0 Å². The highest BCUT2D eigenvalue weighted by Gasteiger charge is 2.43. The maximum atomic E-state index is 11.7. The average molecular weight is 362 g/mol. The minimum Gasteiger partial charge on any atom is -0.463 e. The first-order valence-corrected chi connectivity index (χ1v) is 9.50. The summed E-state index contributed by atoms with van der Waals surface area (Å²) in [6, 6.07) is 0. The van der Waals surface area contributed by atoms with Crippen molar-refractivity contribution in [2.75, 3.05) is 6.61 Å². The number of hydrogen-bond donors (Lipinski definition) is 4. The molecule has 0 spiro atoms. The Labute approximate surface area is 150 Å². The molecule has 4 N–H and O–H groups in total. The summed E-state index contributed by atoms with van der Waals surface area (Å²) in [6.07, 6.45) is 3.53. The van der Waals surface area contributed by atoms with E-state index in [2.05, 4.69) is 6.92 Å². The van der Waals surface area contributed by atoms with Crippen LogP contribution in [0.5, 0.6) is 0 Å². The van der Waals surface area contributed by atoms with Crippen molar-refractivity contribution in [2.45, 2.75) is 102 Å². The van der Waals surface area contributed by atoms with Crippen molar-refractivity contribution in [2.24, 2.45) is 0 Å². The van der Waals surface area contributed by atoms with Gasteiger partial charge in [0, 0.05) is 6.42 Å². The molecule has 148 valence electrons. The maximum Gasteiger partial charge on any atom is 0.305 e. The molecule has 0 amide bonds. The summed E-state index contributed by atoms with van der Waals surface area (Å²) in [6.45, 7) is 1.94. The highest BCUT2D eigenvalue weighted by Crippen LogP contribution is 2.20. The molecule has 0 aliphatic carbocycles. The molecule has 5 atom stereocenters. The lowest BCUT2D eigenvalue weighted by Crippen LogP contribution is -2.58. The minimum absolute atomic E-state index is 0.266. The molecule has 0 radical (unpaired) electrons. The molecule has 0 bridgehead atoms. The number of carbonyl (C=O) groups excluding carboxylic acids is 1. The number of esters is 1. The van der Waals surface area contributed by atoms with Gasteiger partial charge in [0.2, 0.25) is 0 Å². The van der Waals surface area contributed by atoms with Crippen LogP contribution in [0.15, 0.2) is 0 Å². The number of rotatable bonds is 12. The molecule has 1 fully saturated rings. The predicted molar refractivity (Wildman–Crippen MR) is 91.7 cm³/mol. The molecule has 0 aromatic carbocycles. The highest BCUT2D eigenvalue weighted by atomic mass is 16.6. The van der Waals surface area contributed by atoms with Crippen molar-refractivity contribution in [1.29, 1.82) is 0 Å². The summed E-state index contributed by atoms with van der Waals surface area (Å²) in [7, 11) is 0. The Morgan fingerprint density at radius 2 is 1.40 bits per heavy atom. The zero-order chi connectivity index (χ0) is 18.7. The molecule has 1 saturated heterocycles. The van der Waals surface area contributed by atoms with Gasteiger partial charge in [-0.2, -0.15) is 0 Å². The number of unbranched alkanes of at least 4 members (excludes halogenated alkanes) is 8. The normalized spacial score (nSPS) is 29.6. The Kier molecular flexibility index (Phi) is 11.2. The van der Waals surface area contributed by atoms with Crippen LogP contribution in [-0.4, -0.2) is 63.7 Å². The van der Waals surface area contributed by atoms with Gasteiger partial charge in [0.15, 0.2) is 6.29 Å². The molecule has 1 aliphatic heterocycles. The molecule has 7 nitrogen and oxygen atoms in total. The van der Waals surface area contributed by atoms with Gasteiger partial charge in [0.1, 0.15) is 31.0 Å². The fraction of sp³-hybridized carbons (Fsp3) is 0.944. The molecule has 7 heteroatoms. The molecular formula is C18H34O7. The van der Waals surface area contributed by atoms with Crippen LogP contribution in [-0.2, 0) is 14.3 Å². The van der Waals surface area contributed by atoms with Crippen LogP contribution in [0.1, 0.15) is 71.1 Å². The highest BCUT2D eigenvalue weighted by molar-refractivity contribution is 5.69. The van der Waals surface area contributed by atoms with Gasteiger partial charge in [-0.1, -0.05) is 58.3 Å². The first-order valence-electron chi connectivity index (χ1n) is 9.50. The quantitative estimate of drug-likeness (QED) is 0.305. The molecule has 0 aromatic heterocycles. The van der Waals surface area contributed by atoms with Crippen LogP contribution in [0.25, 0.3) is 0 Å². The molecule has 1 rings (SSSR count). The molecule has 1 aliphatic rings. The van der Waals surface area contributed by atoms with Crippen LogP contribution in [0.4, 0.5) is 0 Å². The number of aliphatic hydroxyl groups excluding tert-OH is 4. The van der Waals surface area contributed by atoms with Gasteiger partial charge >= 0.3 is 5.97 Å². The van der Waals surface area contributed by atoms with E-state index in [0.29, 0.717) is 6.42 Å². The summed E-state index contributed by atoms with van der Waals surface area (Å²) in [4.78, 5) is 11.7.